The lowest BCUT2D eigenvalue weighted by atomic mass is 9.99. The molecule has 1 rings (SSSR count). The van der Waals surface area contributed by atoms with Gasteiger partial charge in [0.2, 0.25) is 0 Å². The molecule has 0 fully saturated rings. The van der Waals surface area contributed by atoms with Crippen LogP contribution in [0, 0.1) is 13.8 Å². The van der Waals surface area contributed by atoms with Crippen LogP contribution in [0.3, 0.4) is 0 Å². The van der Waals surface area contributed by atoms with Gasteiger partial charge in [-0.15, -0.1) is 12.4 Å². The quantitative estimate of drug-likeness (QED) is 0.851. The molecule has 3 N–H and O–H groups in total. The number of carboxylic acids is 1. The van der Waals surface area contributed by atoms with E-state index < -0.39 is 12.0 Å². The lowest BCUT2D eigenvalue weighted by Crippen LogP contribution is -2.30. The van der Waals surface area contributed by atoms with E-state index in [9.17, 15) is 4.79 Å². The van der Waals surface area contributed by atoms with Crippen LogP contribution in [0.4, 0.5) is 0 Å². The van der Waals surface area contributed by atoms with Crippen LogP contribution >= 0.6 is 12.4 Å². The van der Waals surface area contributed by atoms with Gasteiger partial charge in [0.25, 0.3) is 0 Å². The molecule has 1 aromatic rings. The molecule has 0 spiro atoms. The number of carboxylic acid groups (broad SMARTS) is 1. The number of carbonyl (C=O) groups is 1. The molecule has 0 saturated heterocycles. The molecule has 1 aromatic carbocycles. The summed E-state index contributed by atoms with van der Waals surface area (Å²) < 4.78 is 0. The summed E-state index contributed by atoms with van der Waals surface area (Å²) in [6, 6.07) is 5.42. The van der Waals surface area contributed by atoms with E-state index in [1.807, 2.05) is 26.0 Å². The van der Waals surface area contributed by atoms with Crippen molar-refractivity contribution < 1.29 is 9.90 Å². The van der Waals surface area contributed by atoms with Crippen molar-refractivity contribution >= 4 is 18.4 Å². The maximum Gasteiger partial charge on any atom is 0.320 e. The van der Waals surface area contributed by atoms with Gasteiger partial charge in [-0.3, -0.25) is 4.79 Å². The Labute approximate surface area is 102 Å². The Morgan fingerprint density at radius 1 is 1.44 bits per heavy atom. The normalized spacial score (nSPS) is 11.7. The Hall–Kier alpha value is -1.06. The van der Waals surface area contributed by atoms with Crippen molar-refractivity contribution in [3.05, 3.63) is 34.9 Å². The molecular weight excluding hydrogens is 226 g/mol. The number of hydrogen-bond donors (Lipinski definition) is 2. The van der Waals surface area contributed by atoms with Gasteiger partial charge < -0.3 is 10.8 Å². The monoisotopic (exact) mass is 243 g/mol. The first-order valence-corrected chi connectivity index (χ1v) is 5.05. The highest BCUT2D eigenvalue weighted by atomic mass is 35.5. The van der Waals surface area contributed by atoms with E-state index in [0.29, 0.717) is 6.42 Å². The van der Waals surface area contributed by atoms with Gasteiger partial charge in [0.1, 0.15) is 6.04 Å². The average molecular weight is 244 g/mol. The summed E-state index contributed by atoms with van der Waals surface area (Å²) in [5.41, 5.74) is 9.05. The van der Waals surface area contributed by atoms with E-state index in [-0.39, 0.29) is 12.4 Å². The van der Waals surface area contributed by atoms with E-state index in [4.69, 9.17) is 10.8 Å². The van der Waals surface area contributed by atoms with Crippen molar-refractivity contribution in [3.8, 4) is 0 Å². The predicted molar refractivity (Wildman–Crippen MR) is 67.1 cm³/mol. The van der Waals surface area contributed by atoms with Crippen LogP contribution in [0.5, 0.6) is 0 Å². The maximum atomic E-state index is 10.5. The molecule has 90 valence electrons. The molecule has 0 aliphatic heterocycles. The number of benzene rings is 1. The highest BCUT2D eigenvalue weighted by Gasteiger charge is 2.11. The van der Waals surface area contributed by atoms with Crippen molar-refractivity contribution in [2.75, 3.05) is 0 Å². The van der Waals surface area contributed by atoms with Crippen molar-refractivity contribution in [1.82, 2.24) is 0 Å². The van der Waals surface area contributed by atoms with Crippen LogP contribution < -0.4 is 5.73 Å². The largest absolute Gasteiger partial charge is 0.480 e. The molecule has 4 heteroatoms. The molecule has 0 saturated carbocycles. The van der Waals surface area contributed by atoms with Crippen LogP contribution in [-0.4, -0.2) is 17.1 Å². The molecule has 1 atom stereocenters. The maximum absolute atomic E-state index is 10.5. The van der Waals surface area contributed by atoms with Crippen molar-refractivity contribution in [2.24, 2.45) is 5.73 Å². The number of aryl methyl sites for hydroxylation is 3. The minimum atomic E-state index is -0.931. The summed E-state index contributed by atoms with van der Waals surface area (Å²) in [4.78, 5) is 10.5. The Balaban J connectivity index is 0.00000225. The lowest BCUT2D eigenvalue weighted by molar-refractivity contribution is -0.138. The third kappa shape index (κ3) is 4.21. The fraction of sp³-hybridized carbons (Fsp3) is 0.417. The Bertz CT molecular complexity index is 366. The highest BCUT2D eigenvalue weighted by Crippen LogP contribution is 2.13. The number of nitrogens with two attached hydrogens (primary N) is 1. The highest BCUT2D eigenvalue weighted by molar-refractivity contribution is 5.85. The van der Waals surface area contributed by atoms with Gasteiger partial charge >= 0.3 is 5.97 Å². The van der Waals surface area contributed by atoms with Crippen molar-refractivity contribution in [1.29, 1.82) is 0 Å². The predicted octanol–water partition coefficient (Wildman–Crippen LogP) is 2.07. The SMILES string of the molecule is Cc1ccc(CC[C@H](N)C(=O)O)c(C)c1.Cl. The first-order chi connectivity index (χ1) is 7.00. The van der Waals surface area contributed by atoms with E-state index in [1.165, 1.54) is 16.7 Å². The summed E-state index contributed by atoms with van der Waals surface area (Å²) in [7, 11) is 0. The van der Waals surface area contributed by atoms with Gasteiger partial charge in [0.05, 0.1) is 0 Å². The molecule has 0 aliphatic rings. The first kappa shape index (κ1) is 14.9. The van der Waals surface area contributed by atoms with Crippen LogP contribution in [0.1, 0.15) is 23.1 Å². The second-order valence-corrected chi connectivity index (χ2v) is 3.91. The number of aliphatic carboxylic acids is 1. The zero-order chi connectivity index (χ0) is 11.4. The average Bonchev–Trinajstić information content (AvgIpc) is 2.15. The van der Waals surface area contributed by atoms with Crippen LogP contribution in [0.15, 0.2) is 18.2 Å². The molecule has 0 unspecified atom stereocenters. The van der Waals surface area contributed by atoms with Crippen LogP contribution in [0.25, 0.3) is 0 Å². The number of rotatable bonds is 4. The molecule has 0 bridgehead atoms. The van der Waals surface area contributed by atoms with E-state index >= 15 is 0 Å². The van der Waals surface area contributed by atoms with Gasteiger partial charge in [-0.2, -0.15) is 0 Å². The van der Waals surface area contributed by atoms with Crippen LogP contribution in [-0.2, 0) is 11.2 Å². The van der Waals surface area contributed by atoms with E-state index in [1.54, 1.807) is 0 Å². The molecule has 0 amide bonds. The molecule has 0 aliphatic carbocycles. The Morgan fingerprint density at radius 3 is 2.56 bits per heavy atom. The third-order valence-electron chi connectivity index (χ3n) is 2.54. The second kappa shape index (κ2) is 6.51. The third-order valence-corrected chi connectivity index (χ3v) is 2.54. The van der Waals surface area contributed by atoms with Crippen LogP contribution in [0.2, 0.25) is 0 Å². The smallest absolute Gasteiger partial charge is 0.320 e. The molecule has 3 nitrogen and oxygen atoms in total. The fourth-order valence-corrected chi connectivity index (χ4v) is 1.56. The Morgan fingerprint density at radius 2 is 2.06 bits per heavy atom. The van der Waals surface area contributed by atoms with Gasteiger partial charge in [-0.1, -0.05) is 23.8 Å². The number of hydrogen-bond acceptors (Lipinski definition) is 2. The van der Waals surface area contributed by atoms with Crippen molar-refractivity contribution in [2.45, 2.75) is 32.7 Å². The molecule has 0 aromatic heterocycles. The molecule has 0 radical (unpaired) electrons. The second-order valence-electron chi connectivity index (χ2n) is 3.91. The Kier molecular flexibility index (Phi) is 6.08. The first-order valence-electron chi connectivity index (χ1n) is 5.05. The zero-order valence-electron chi connectivity index (χ0n) is 9.56. The lowest BCUT2D eigenvalue weighted by Gasteiger charge is -2.09. The minimum absolute atomic E-state index is 0. The number of halogens is 1. The van der Waals surface area contributed by atoms with E-state index in [2.05, 4.69) is 6.07 Å². The molecular formula is C12H18ClNO2. The van der Waals surface area contributed by atoms with Gasteiger partial charge in [0.15, 0.2) is 0 Å². The standard InChI is InChI=1S/C12H17NO2.ClH/c1-8-3-4-10(9(2)7-8)5-6-11(13)12(14)15;/h3-4,7,11H,5-6,13H2,1-2H3,(H,14,15);1H/t11-;/m0./s1. The molecule has 16 heavy (non-hydrogen) atoms. The van der Waals surface area contributed by atoms with Crippen molar-refractivity contribution in [3.63, 3.8) is 0 Å². The summed E-state index contributed by atoms with van der Waals surface area (Å²) in [6.07, 6.45) is 1.21. The van der Waals surface area contributed by atoms with Gasteiger partial charge in [-0.25, -0.2) is 0 Å². The van der Waals surface area contributed by atoms with Gasteiger partial charge in [0, 0.05) is 0 Å². The summed E-state index contributed by atoms with van der Waals surface area (Å²) in [5.74, 6) is -0.931. The molecule has 0 heterocycles. The summed E-state index contributed by atoms with van der Waals surface area (Å²) in [5, 5.41) is 8.65. The van der Waals surface area contributed by atoms with E-state index in [0.717, 1.165) is 6.42 Å². The topological polar surface area (TPSA) is 63.3 Å². The fourth-order valence-electron chi connectivity index (χ4n) is 1.56. The minimum Gasteiger partial charge on any atom is -0.480 e. The summed E-state index contributed by atoms with van der Waals surface area (Å²) in [6.45, 7) is 4.08. The zero-order valence-corrected chi connectivity index (χ0v) is 10.4. The summed E-state index contributed by atoms with van der Waals surface area (Å²) >= 11 is 0. The van der Waals surface area contributed by atoms with Gasteiger partial charge in [-0.05, 0) is 37.8 Å².